The van der Waals surface area contributed by atoms with Crippen molar-refractivity contribution in [1.82, 2.24) is 10.4 Å². The highest BCUT2D eigenvalue weighted by Crippen LogP contribution is 2.91. The molecule has 5 aliphatic carbocycles. The molecule has 1 aromatic heterocycles. The van der Waals surface area contributed by atoms with Crippen LogP contribution in [0.1, 0.15) is 134 Å². The number of allylic oxidation sites excluding steroid dienone is 3. The molecule has 1 aromatic rings. The first-order valence-corrected chi connectivity index (χ1v) is 20.6. The topological polar surface area (TPSA) is 81.8 Å². The quantitative estimate of drug-likeness (QED) is 0.143. The fourth-order valence-corrected chi connectivity index (χ4v) is 12.7. The fraction of sp³-hybridized carbons (Fsp3) is 0.739. The van der Waals surface area contributed by atoms with Gasteiger partial charge in [0.2, 0.25) is 0 Å². The van der Waals surface area contributed by atoms with Crippen LogP contribution in [-0.2, 0) is 9.47 Å². The molecule has 3 N–H and O–H groups in total. The summed E-state index contributed by atoms with van der Waals surface area (Å²) in [5.74, 6) is 4.23. The normalized spacial score (nSPS) is 40.5. The number of pyridine rings is 1. The van der Waals surface area contributed by atoms with Gasteiger partial charge < -0.3 is 15.2 Å². The van der Waals surface area contributed by atoms with Gasteiger partial charge in [-0.1, -0.05) is 87.5 Å². The zero-order chi connectivity index (χ0) is 38.1. The molecule has 0 radical (unpaired) electrons. The molecule has 7 rings (SSSR count). The van der Waals surface area contributed by atoms with E-state index >= 15 is 0 Å². The summed E-state index contributed by atoms with van der Waals surface area (Å²) >= 11 is 0. The molecule has 12 atom stereocenters. The summed E-state index contributed by atoms with van der Waals surface area (Å²) in [4.78, 5) is 3.90. The lowest BCUT2D eigenvalue weighted by Crippen LogP contribution is -2.64. The number of nitrogens with zero attached hydrogens (tertiary/aromatic N) is 2. The SMILES string of the molecule is C=C(N/N=C\C)c1ccncc1.CCC(OC[C@](C)(N)C(C)(C)C)[C@]1(C)C2CCC3C(=CC[C@]45C=CO[C@]([C@H](C)C(C)C)(CCC34C)C5)C23C(C)C31. The lowest BCUT2D eigenvalue weighted by molar-refractivity contribution is -0.193. The van der Waals surface area contributed by atoms with Gasteiger partial charge in [-0.25, -0.2) is 0 Å². The first kappa shape index (κ1) is 39.3. The van der Waals surface area contributed by atoms with Crippen LogP contribution < -0.4 is 11.2 Å². The molecule has 2 bridgehead atoms. The lowest BCUT2D eigenvalue weighted by atomic mass is 9.37. The molecule has 6 aliphatic rings. The Labute approximate surface area is 316 Å². The summed E-state index contributed by atoms with van der Waals surface area (Å²) in [6.07, 6.45) is 21.6. The number of hydrogen-bond acceptors (Lipinski definition) is 6. The van der Waals surface area contributed by atoms with E-state index in [2.05, 4.69) is 117 Å². The zero-order valence-electron chi connectivity index (χ0n) is 34.8. The van der Waals surface area contributed by atoms with Crippen molar-refractivity contribution in [3.63, 3.8) is 0 Å². The van der Waals surface area contributed by atoms with Crippen LogP contribution in [0.5, 0.6) is 0 Å². The maximum absolute atomic E-state index is 6.86. The molecule has 2 spiro atoms. The maximum atomic E-state index is 6.86. The van der Waals surface area contributed by atoms with Gasteiger partial charge in [0.15, 0.2) is 0 Å². The van der Waals surface area contributed by atoms with Crippen molar-refractivity contribution in [3.05, 3.63) is 60.7 Å². The number of hydrazone groups is 1. The Bertz CT molecular complexity index is 1570. The van der Waals surface area contributed by atoms with E-state index in [9.17, 15) is 0 Å². The zero-order valence-corrected chi connectivity index (χ0v) is 34.8. The number of nitrogens with one attached hydrogen (secondary N) is 1. The Balaban J connectivity index is 0.000000330. The number of fused-ring (bicyclic) bond motifs is 3. The van der Waals surface area contributed by atoms with Crippen molar-refractivity contribution < 1.29 is 9.47 Å². The minimum absolute atomic E-state index is 0.0158. The summed E-state index contributed by atoms with van der Waals surface area (Å²) in [6, 6.07) is 3.75. The predicted octanol–water partition coefficient (Wildman–Crippen LogP) is 10.6. The molecule has 288 valence electrons. The average molecular weight is 713 g/mol. The van der Waals surface area contributed by atoms with Crippen LogP contribution in [0.15, 0.2) is 60.2 Å². The highest BCUT2D eigenvalue weighted by Gasteiger charge is 2.87. The van der Waals surface area contributed by atoms with Gasteiger partial charge in [-0.3, -0.25) is 10.4 Å². The van der Waals surface area contributed by atoms with Crippen molar-refractivity contribution >= 4 is 11.9 Å². The first-order valence-electron chi connectivity index (χ1n) is 20.6. The minimum Gasteiger partial charge on any atom is -0.495 e. The molecule has 0 aromatic carbocycles. The molecule has 1 aliphatic heterocycles. The fourth-order valence-electron chi connectivity index (χ4n) is 12.7. The molecule has 4 fully saturated rings. The van der Waals surface area contributed by atoms with Crippen LogP contribution in [-0.4, -0.2) is 35.0 Å². The van der Waals surface area contributed by atoms with Crippen molar-refractivity contribution in [2.24, 2.45) is 73.4 Å². The number of nitrogens with two attached hydrogens (primary N) is 1. The molecule has 0 saturated heterocycles. The van der Waals surface area contributed by atoms with E-state index in [1.807, 2.05) is 24.6 Å². The van der Waals surface area contributed by atoms with Gasteiger partial charge in [0.05, 0.1) is 24.7 Å². The predicted molar refractivity (Wildman–Crippen MR) is 216 cm³/mol. The molecular formula is C46H72N4O2. The van der Waals surface area contributed by atoms with E-state index in [0.717, 1.165) is 41.4 Å². The van der Waals surface area contributed by atoms with Gasteiger partial charge in [-0.05, 0) is 123 Å². The van der Waals surface area contributed by atoms with Gasteiger partial charge >= 0.3 is 0 Å². The van der Waals surface area contributed by atoms with Crippen LogP contribution in [0.2, 0.25) is 0 Å². The summed E-state index contributed by atoms with van der Waals surface area (Å²) < 4.78 is 13.4. The Morgan fingerprint density at radius 2 is 1.85 bits per heavy atom. The molecule has 7 unspecified atom stereocenters. The summed E-state index contributed by atoms with van der Waals surface area (Å²) in [7, 11) is 0. The van der Waals surface area contributed by atoms with Gasteiger partial charge in [-0.2, -0.15) is 5.10 Å². The standard InChI is InChI=1S/C37H61NO2.C9H11N3/c1-12-29(39-22-33(10,38)31(6,7)8)34(11)28-14-13-26-27(37(28)25(5)30(34)37)15-16-35-19-20-40-36(21-35,24(4)23(2)3)18-17-32(26,35)9;1-3-11-12-8(2)9-4-6-10-7-5-9/h15,19-20,23-26,28-30H,12-14,16-18,21-22,38H2,1-11H3;3-7,12H,2H2,1H3/b;11-3-/t24-,25?,26?,28?,29?,30?,32?,33+,34+,35-,36-,37?;/m1./s1. The highest BCUT2D eigenvalue weighted by molar-refractivity contribution is 5.62. The van der Waals surface area contributed by atoms with E-state index in [1.165, 1.54) is 38.5 Å². The van der Waals surface area contributed by atoms with Gasteiger partial charge in [0, 0.05) is 46.0 Å². The number of aromatic nitrogens is 1. The monoisotopic (exact) mass is 713 g/mol. The van der Waals surface area contributed by atoms with Crippen molar-refractivity contribution in [2.45, 2.75) is 145 Å². The molecule has 0 amide bonds. The number of hydrogen-bond donors (Lipinski definition) is 2. The Morgan fingerprint density at radius 1 is 1.15 bits per heavy atom. The Morgan fingerprint density at radius 3 is 2.46 bits per heavy atom. The summed E-state index contributed by atoms with van der Waals surface area (Å²) in [6.45, 7) is 32.6. The minimum atomic E-state index is -0.334. The lowest BCUT2D eigenvalue weighted by Gasteiger charge is -2.69. The Kier molecular flexibility index (Phi) is 10.1. The molecule has 6 heteroatoms. The van der Waals surface area contributed by atoms with Crippen LogP contribution in [0.25, 0.3) is 5.70 Å². The maximum Gasteiger partial charge on any atom is 0.112 e. The third-order valence-electron chi connectivity index (χ3n) is 16.8. The molecule has 52 heavy (non-hydrogen) atoms. The largest absolute Gasteiger partial charge is 0.495 e. The second-order valence-corrected chi connectivity index (χ2v) is 20.0. The summed E-state index contributed by atoms with van der Waals surface area (Å²) in [5, 5.41) is 3.85. The van der Waals surface area contributed by atoms with E-state index in [4.69, 9.17) is 15.2 Å². The molecule has 4 saturated carbocycles. The number of ether oxygens (including phenoxy) is 2. The first-order chi connectivity index (χ1) is 24.3. The van der Waals surface area contributed by atoms with Crippen LogP contribution in [0.4, 0.5) is 0 Å². The highest BCUT2D eigenvalue weighted by atomic mass is 16.5. The van der Waals surface area contributed by atoms with E-state index in [0.29, 0.717) is 35.4 Å². The van der Waals surface area contributed by atoms with E-state index in [1.54, 1.807) is 18.6 Å². The van der Waals surface area contributed by atoms with E-state index in [-0.39, 0.29) is 27.4 Å². The summed E-state index contributed by atoms with van der Waals surface area (Å²) in [5.41, 5.74) is 14.2. The van der Waals surface area contributed by atoms with Crippen molar-refractivity contribution in [2.75, 3.05) is 6.61 Å². The van der Waals surface area contributed by atoms with Crippen molar-refractivity contribution in [1.29, 1.82) is 0 Å². The Hall–Kier alpha value is -2.44. The smallest absolute Gasteiger partial charge is 0.112 e. The molecule has 6 nitrogen and oxygen atoms in total. The third kappa shape index (κ3) is 5.61. The van der Waals surface area contributed by atoms with Crippen LogP contribution in [0, 0.1) is 62.6 Å². The average Bonchev–Trinajstić information content (AvgIpc) is 3.66. The van der Waals surface area contributed by atoms with Crippen molar-refractivity contribution in [3.8, 4) is 0 Å². The molecular weight excluding hydrogens is 641 g/mol. The van der Waals surface area contributed by atoms with Gasteiger partial charge in [0.1, 0.15) is 5.60 Å². The second-order valence-electron chi connectivity index (χ2n) is 20.0. The number of rotatable bonds is 10. The third-order valence-corrected chi connectivity index (χ3v) is 16.8. The van der Waals surface area contributed by atoms with E-state index < -0.39 is 0 Å². The second kappa shape index (κ2) is 13.4. The molecule has 2 heterocycles. The van der Waals surface area contributed by atoms with Gasteiger partial charge in [-0.15, -0.1) is 0 Å². The van der Waals surface area contributed by atoms with Gasteiger partial charge in [0.25, 0.3) is 0 Å². The van der Waals surface area contributed by atoms with Crippen LogP contribution >= 0.6 is 0 Å². The van der Waals surface area contributed by atoms with Crippen LogP contribution in [0.3, 0.4) is 0 Å².